The third-order valence-electron chi connectivity index (χ3n) is 1.58. The molecule has 0 bridgehead atoms. The summed E-state index contributed by atoms with van der Waals surface area (Å²) in [7, 11) is 0. The molecule has 7 heteroatoms. The van der Waals surface area contributed by atoms with E-state index in [4.69, 9.17) is 0 Å². The molecule has 0 atom stereocenters. The molecule has 4 nitrogen and oxygen atoms in total. The molecular formula is C9H12F3N3O. The third-order valence-corrected chi connectivity index (χ3v) is 1.58. The molecule has 0 aliphatic carbocycles. The summed E-state index contributed by atoms with van der Waals surface area (Å²) in [5.41, 5.74) is 0. The Morgan fingerprint density at radius 2 is 2.12 bits per heavy atom. The number of halogens is 3. The van der Waals surface area contributed by atoms with Crippen LogP contribution in [0, 0.1) is 0 Å². The van der Waals surface area contributed by atoms with E-state index >= 15 is 0 Å². The minimum absolute atomic E-state index is 0.0917. The lowest BCUT2D eigenvalue weighted by Gasteiger charge is -2.09. The van der Waals surface area contributed by atoms with Crippen molar-refractivity contribution in [2.75, 3.05) is 18.5 Å². The largest absolute Gasteiger partial charge is 0.468 e. The maximum Gasteiger partial charge on any atom is 0.422 e. The summed E-state index contributed by atoms with van der Waals surface area (Å²) < 4.78 is 40.1. The van der Waals surface area contributed by atoms with Crippen molar-refractivity contribution in [3.63, 3.8) is 0 Å². The highest BCUT2D eigenvalue weighted by Crippen LogP contribution is 2.17. The lowest BCUT2D eigenvalue weighted by Crippen LogP contribution is -2.19. The van der Waals surface area contributed by atoms with Gasteiger partial charge in [-0.1, -0.05) is 6.92 Å². The first-order valence-electron chi connectivity index (χ1n) is 4.76. The molecule has 0 aliphatic heterocycles. The smallest absolute Gasteiger partial charge is 0.422 e. The topological polar surface area (TPSA) is 47.0 Å². The zero-order chi connectivity index (χ0) is 12.0. The molecule has 16 heavy (non-hydrogen) atoms. The van der Waals surface area contributed by atoms with E-state index in [0.717, 1.165) is 12.7 Å². The molecule has 0 spiro atoms. The summed E-state index contributed by atoms with van der Waals surface area (Å²) in [5, 5.41) is 2.92. The highest BCUT2D eigenvalue weighted by molar-refractivity contribution is 5.36. The number of rotatable bonds is 5. The van der Waals surface area contributed by atoms with E-state index in [1.807, 2.05) is 6.92 Å². The van der Waals surface area contributed by atoms with Crippen LogP contribution < -0.4 is 10.1 Å². The van der Waals surface area contributed by atoms with Gasteiger partial charge in [-0.15, -0.1) is 0 Å². The van der Waals surface area contributed by atoms with Crippen molar-refractivity contribution < 1.29 is 17.9 Å². The fourth-order valence-electron chi connectivity index (χ4n) is 0.924. The Hall–Kier alpha value is -1.53. The van der Waals surface area contributed by atoms with Gasteiger partial charge in [0.15, 0.2) is 6.61 Å². The predicted octanol–water partition coefficient (Wildman–Crippen LogP) is 2.24. The van der Waals surface area contributed by atoms with Crippen LogP contribution in [0.3, 0.4) is 0 Å². The number of anilines is 1. The predicted molar refractivity (Wildman–Crippen MR) is 52.4 cm³/mol. The van der Waals surface area contributed by atoms with E-state index in [1.165, 1.54) is 6.07 Å². The van der Waals surface area contributed by atoms with Gasteiger partial charge < -0.3 is 10.1 Å². The molecule has 0 radical (unpaired) electrons. The monoisotopic (exact) mass is 235 g/mol. The second kappa shape index (κ2) is 5.53. The summed E-state index contributed by atoms with van der Waals surface area (Å²) in [5.74, 6) is 0.361. The summed E-state index contributed by atoms with van der Waals surface area (Å²) in [4.78, 5) is 7.42. The number of hydrogen-bond acceptors (Lipinski definition) is 4. The first-order valence-corrected chi connectivity index (χ1v) is 4.76. The zero-order valence-electron chi connectivity index (χ0n) is 8.71. The normalized spacial score (nSPS) is 11.2. The van der Waals surface area contributed by atoms with Crippen LogP contribution in [-0.4, -0.2) is 29.3 Å². The van der Waals surface area contributed by atoms with E-state index in [0.29, 0.717) is 12.4 Å². The number of nitrogens with one attached hydrogen (secondary N) is 1. The van der Waals surface area contributed by atoms with Crippen LogP contribution in [-0.2, 0) is 0 Å². The maximum atomic E-state index is 11.9. The van der Waals surface area contributed by atoms with Crippen molar-refractivity contribution in [2.24, 2.45) is 0 Å². The molecule has 0 fully saturated rings. The van der Waals surface area contributed by atoms with Crippen molar-refractivity contribution in [3.8, 4) is 5.88 Å². The van der Waals surface area contributed by atoms with Crippen LogP contribution in [0.25, 0.3) is 0 Å². The summed E-state index contributed by atoms with van der Waals surface area (Å²) in [6, 6.07) is 1.33. The van der Waals surface area contributed by atoms with Gasteiger partial charge in [0.1, 0.15) is 12.1 Å². The molecule has 1 heterocycles. The Kier molecular flexibility index (Phi) is 4.33. The van der Waals surface area contributed by atoms with Gasteiger partial charge in [-0.05, 0) is 6.42 Å². The number of nitrogens with zero attached hydrogens (tertiary/aromatic N) is 2. The van der Waals surface area contributed by atoms with E-state index in [9.17, 15) is 13.2 Å². The lowest BCUT2D eigenvalue weighted by molar-refractivity contribution is -0.154. The average molecular weight is 235 g/mol. The Labute approximate surface area is 90.9 Å². The van der Waals surface area contributed by atoms with Crippen LogP contribution in [0.5, 0.6) is 5.88 Å². The van der Waals surface area contributed by atoms with Gasteiger partial charge >= 0.3 is 6.18 Å². The Morgan fingerprint density at radius 3 is 2.75 bits per heavy atom. The highest BCUT2D eigenvalue weighted by atomic mass is 19.4. The SMILES string of the molecule is CCCNc1cc(OCC(F)(F)F)ncn1. The number of hydrogen-bond donors (Lipinski definition) is 1. The quantitative estimate of drug-likeness (QED) is 0.850. The van der Waals surface area contributed by atoms with E-state index < -0.39 is 12.8 Å². The molecule has 0 amide bonds. The van der Waals surface area contributed by atoms with Crippen molar-refractivity contribution >= 4 is 5.82 Å². The van der Waals surface area contributed by atoms with Crippen molar-refractivity contribution in [1.82, 2.24) is 9.97 Å². The molecule has 1 aromatic rings. The fraction of sp³-hybridized carbons (Fsp3) is 0.556. The van der Waals surface area contributed by atoms with Gasteiger partial charge in [-0.25, -0.2) is 9.97 Å². The van der Waals surface area contributed by atoms with Crippen LogP contribution in [0.1, 0.15) is 13.3 Å². The minimum Gasteiger partial charge on any atom is -0.468 e. The molecule has 0 aromatic carbocycles. The first-order chi connectivity index (χ1) is 7.51. The Morgan fingerprint density at radius 1 is 1.38 bits per heavy atom. The Balaban J connectivity index is 2.53. The lowest BCUT2D eigenvalue weighted by atomic mass is 10.4. The molecule has 1 aromatic heterocycles. The second-order valence-corrected chi connectivity index (χ2v) is 3.07. The van der Waals surface area contributed by atoms with Crippen LogP contribution >= 0.6 is 0 Å². The van der Waals surface area contributed by atoms with Crippen molar-refractivity contribution in [2.45, 2.75) is 19.5 Å². The van der Waals surface area contributed by atoms with E-state index in [1.54, 1.807) is 0 Å². The second-order valence-electron chi connectivity index (χ2n) is 3.07. The van der Waals surface area contributed by atoms with E-state index in [-0.39, 0.29) is 5.88 Å². The van der Waals surface area contributed by atoms with Crippen molar-refractivity contribution in [1.29, 1.82) is 0 Å². The van der Waals surface area contributed by atoms with Crippen molar-refractivity contribution in [3.05, 3.63) is 12.4 Å². The van der Waals surface area contributed by atoms with Gasteiger partial charge in [-0.2, -0.15) is 13.2 Å². The average Bonchev–Trinajstić information content (AvgIpc) is 2.23. The van der Waals surface area contributed by atoms with Crippen LogP contribution in [0.2, 0.25) is 0 Å². The van der Waals surface area contributed by atoms with Gasteiger partial charge in [0, 0.05) is 12.6 Å². The van der Waals surface area contributed by atoms with E-state index in [2.05, 4.69) is 20.0 Å². The summed E-state index contributed by atoms with van der Waals surface area (Å²) in [6.07, 6.45) is -2.31. The molecule has 0 saturated carbocycles. The molecule has 0 saturated heterocycles. The van der Waals surface area contributed by atoms with Crippen LogP contribution in [0.15, 0.2) is 12.4 Å². The molecule has 1 rings (SSSR count). The summed E-state index contributed by atoms with van der Waals surface area (Å²) in [6.45, 7) is 1.31. The van der Waals surface area contributed by atoms with Gasteiger partial charge in [0.05, 0.1) is 0 Å². The maximum absolute atomic E-state index is 11.9. The highest BCUT2D eigenvalue weighted by Gasteiger charge is 2.28. The van der Waals surface area contributed by atoms with Gasteiger partial charge in [-0.3, -0.25) is 0 Å². The zero-order valence-corrected chi connectivity index (χ0v) is 8.71. The summed E-state index contributed by atoms with van der Waals surface area (Å²) >= 11 is 0. The standard InChI is InChI=1S/C9H12F3N3O/c1-2-3-13-7-4-8(15-6-14-7)16-5-9(10,11)12/h4,6H,2-3,5H2,1H3,(H,13,14,15). The van der Waals surface area contributed by atoms with Gasteiger partial charge in [0.25, 0.3) is 0 Å². The third kappa shape index (κ3) is 4.81. The number of alkyl halides is 3. The molecule has 0 aliphatic rings. The number of ether oxygens (including phenoxy) is 1. The first kappa shape index (κ1) is 12.5. The van der Waals surface area contributed by atoms with Crippen LogP contribution in [0.4, 0.5) is 19.0 Å². The molecule has 90 valence electrons. The Bertz CT molecular complexity index is 330. The molecular weight excluding hydrogens is 223 g/mol. The minimum atomic E-state index is -4.36. The number of aromatic nitrogens is 2. The van der Waals surface area contributed by atoms with Gasteiger partial charge in [0.2, 0.25) is 5.88 Å². The molecule has 0 unspecified atom stereocenters. The fourth-order valence-corrected chi connectivity index (χ4v) is 0.924. The molecule has 1 N–H and O–H groups in total.